The molecule has 61 valence electrons. The van der Waals surface area contributed by atoms with Gasteiger partial charge >= 0.3 is 0 Å². The molecule has 0 aromatic heterocycles. The average molecular weight is 224 g/mol. The summed E-state index contributed by atoms with van der Waals surface area (Å²) in [4.78, 5) is 0. The lowest BCUT2D eigenvalue weighted by atomic mass is 10.1. The van der Waals surface area contributed by atoms with Crippen molar-refractivity contribution in [1.82, 2.24) is 0 Å². The van der Waals surface area contributed by atoms with Crippen molar-refractivity contribution in [3.63, 3.8) is 0 Å². The van der Waals surface area contributed by atoms with Crippen LogP contribution in [-0.4, -0.2) is 11.1 Å². The van der Waals surface area contributed by atoms with Gasteiger partial charge in [0, 0.05) is 11.1 Å². The SMILES string of the molecule is [S]CCCCCCCCBr. The molecule has 0 spiro atoms. The lowest BCUT2D eigenvalue weighted by Crippen LogP contribution is -1.80. The number of hydrogen-bond acceptors (Lipinski definition) is 0. The van der Waals surface area contributed by atoms with Crippen molar-refractivity contribution in [2.45, 2.75) is 38.5 Å². The molecule has 0 aliphatic rings. The molecule has 0 aliphatic carbocycles. The van der Waals surface area contributed by atoms with Crippen LogP contribution in [0.25, 0.3) is 0 Å². The third-order valence-electron chi connectivity index (χ3n) is 1.53. The Balaban J connectivity index is 2.65. The molecule has 0 atom stereocenters. The maximum atomic E-state index is 4.85. The van der Waals surface area contributed by atoms with Gasteiger partial charge in [-0.05, 0) is 12.8 Å². The molecule has 0 unspecified atom stereocenters. The molecule has 0 aliphatic heterocycles. The van der Waals surface area contributed by atoms with Gasteiger partial charge in [-0.3, -0.25) is 0 Å². The molecule has 0 amide bonds. The van der Waals surface area contributed by atoms with Crippen molar-refractivity contribution in [3.8, 4) is 0 Å². The van der Waals surface area contributed by atoms with Crippen molar-refractivity contribution in [3.05, 3.63) is 0 Å². The molecule has 0 rings (SSSR count). The Labute approximate surface area is 78.3 Å². The minimum atomic E-state index is 0.943. The lowest BCUT2D eigenvalue weighted by Gasteiger charge is -1.96. The lowest BCUT2D eigenvalue weighted by molar-refractivity contribution is 0.630. The van der Waals surface area contributed by atoms with E-state index in [4.69, 9.17) is 12.6 Å². The predicted molar refractivity (Wildman–Crippen MR) is 54.0 cm³/mol. The molecule has 10 heavy (non-hydrogen) atoms. The van der Waals surface area contributed by atoms with Gasteiger partial charge in [0.1, 0.15) is 0 Å². The van der Waals surface area contributed by atoms with E-state index >= 15 is 0 Å². The van der Waals surface area contributed by atoms with E-state index in [0.717, 1.165) is 11.1 Å². The highest BCUT2D eigenvalue weighted by Gasteiger charge is 1.88. The fraction of sp³-hybridized carbons (Fsp3) is 1.00. The van der Waals surface area contributed by atoms with Crippen LogP contribution in [0.2, 0.25) is 0 Å². The predicted octanol–water partition coefficient (Wildman–Crippen LogP) is 3.92. The van der Waals surface area contributed by atoms with E-state index in [0.29, 0.717) is 0 Å². The Morgan fingerprint density at radius 1 is 0.800 bits per heavy atom. The maximum Gasteiger partial charge on any atom is 0.00369 e. The maximum absolute atomic E-state index is 4.85. The summed E-state index contributed by atoms with van der Waals surface area (Å²) in [5, 5.41) is 1.16. The summed E-state index contributed by atoms with van der Waals surface area (Å²) in [6.07, 6.45) is 8.05. The molecule has 0 N–H and O–H groups in total. The highest BCUT2D eigenvalue weighted by atomic mass is 79.9. The molecule has 0 aromatic rings. The van der Waals surface area contributed by atoms with Gasteiger partial charge in [0.05, 0.1) is 0 Å². The number of alkyl halides is 1. The molecule has 0 saturated carbocycles. The van der Waals surface area contributed by atoms with Crippen molar-refractivity contribution in [2.75, 3.05) is 11.1 Å². The van der Waals surface area contributed by atoms with Gasteiger partial charge in [0.25, 0.3) is 0 Å². The van der Waals surface area contributed by atoms with Crippen LogP contribution in [0.3, 0.4) is 0 Å². The third kappa shape index (κ3) is 8.83. The van der Waals surface area contributed by atoms with E-state index in [2.05, 4.69) is 15.9 Å². The molecular weight excluding hydrogens is 208 g/mol. The van der Waals surface area contributed by atoms with Crippen molar-refractivity contribution in [2.24, 2.45) is 0 Å². The standard InChI is InChI=1S/C8H16BrS/c9-7-5-3-1-2-4-6-8-10/h1-8H2. The number of unbranched alkanes of at least 4 members (excludes halogenated alkanes) is 5. The van der Waals surface area contributed by atoms with E-state index in [1.54, 1.807) is 0 Å². The van der Waals surface area contributed by atoms with Gasteiger partial charge in [0.2, 0.25) is 0 Å². The first-order valence-electron chi connectivity index (χ1n) is 4.06. The molecule has 1 radical (unpaired) electrons. The van der Waals surface area contributed by atoms with E-state index < -0.39 is 0 Å². The minimum absolute atomic E-state index is 0.943. The molecule has 2 heteroatoms. The van der Waals surface area contributed by atoms with Crippen LogP contribution in [0.4, 0.5) is 0 Å². The van der Waals surface area contributed by atoms with Crippen LogP contribution in [0.15, 0.2) is 0 Å². The molecule has 0 saturated heterocycles. The third-order valence-corrected chi connectivity index (χ3v) is 2.38. The number of hydrogen-bond donors (Lipinski definition) is 0. The van der Waals surface area contributed by atoms with E-state index in [-0.39, 0.29) is 0 Å². The van der Waals surface area contributed by atoms with E-state index in [1.807, 2.05) is 0 Å². The molecule has 0 nitrogen and oxygen atoms in total. The Morgan fingerprint density at radius 3 is 1.80 bits per heavy atom. The van der Waals surface area contributed by atoms with Gasteiger partial charge in [0.15, 0.2) is 0 Å². The fourth-order valence-corrected chi connectivity index (χ4v) is 1.50. The normalized spacial score (nSPS) is 10.2. The molecule has 0 bridgehead atoms. The minimum Gasteiger partial charge on any atom is -0.0942 e. The van der Waals surface area contributed by atoms with E-state index in [9.17, 15) is 0 Å². The number of rotatable bonds is 7. The first-order valence-corrected chi connectivity index (χ1v) is 5.75. The van der Waals surface area contributed by atoms with Crippen LogP contribution < -0.4 is 0 Å². The van der Waals surface area contributed by atoms with Crippen LogP contribution in [0, 0.1) is 0 Å². The van der Waals surface area contributed by atoms with Gasteiger partial charge in [-0.25, -0.2) is 0 Å². The Bertz CT molecular complexity index is 49.2. The van der Waals surface area contributed by atoms with Crippen LogP contribution >= 0.6 is 28.6 Å². The molecule has 0 fully saturated rings. The first-order chi connectivity index (χ1) is 4.91. The summed E-state index contributed by atoms with van der Waals surface area (Å²) in [6.45, 7) is 0. The van der Waals surface area contributed by atoms with Crippen LogP contribution in [0.5, 0.6) is 0 Å². The van der Waals surface area contributed by atoms with Gasteiger partial charge in [-0.2, -0.15) is 0 Å². The zero-order valence-corrected chi connectivity index (χ0v) is 8.85. The smallest absolute Gasteiger partial charge is 0.00369 e. The van der Waals surface area contributed by atoms with Gasteiger partial charge in [-0.1, -0.05) is 54.2 Å². The summed E-state index contributed by atoms with van der Waals surface area (Å²) < 4.78 is 0. The Morgan fingerprint density at radius 2 is 1.30 bits per heavy atom. The van der Waals surface area contributed by atoms with Crippen molar-refractivity contribution in [1.29, 1.82) is 0 Å². The van der Waals surface area contributed by atoms with Gasteiger partial charge < -0.3 is 0 Å². The highest BCUT2D eigenvalue weighted by Crippen LogP contribution is 2.06. The first kappa shape index (κ1) is 10.8. The van der Waals surface area contributed by atoms with Crippen LogP contribution in [0.1, 0.15) is 38.5 Å². The topological polar surface area (TPSA) is 0 Å². The summed E-state index contributed by atoms with van der Waals surface area (Å²) >= 11 is 8.26. The largest absolute Gasteiger partial charge is 0.0942 e. The number of halogens is 1. The molecule has 0 aromatic carbocycles. The van der Waals surface area contributed by atoms with Gasteiger partial charge in [-0.15, -0.1) is 0 Å². The van der Waals surface area contributed by atoms with Crippen LogP contribution in [-0.2, 0) is 0 Å². The summed E-state index contributed by atoms with van der Waals surface area (Å²) in [5.74, 6) is 0.943. The fourth-order valence-electron chi connectivity index (χ4n) is 0.904. The summed E-state index contributed by atoms with van der Waals surface area (Å²) in [6, 6.07) is 0. The average Bonchev–Trinajstić information content (AvgIpc) is 1.97. The molecular formula is C8H16BrS. The summed E-state index contributed by atoms with van der Waals surface area (Å²) in [5.41, 5.74) is 0. The quantitative estimate of drug-likeness (QED) is 0.454. The summed E-state index contributed by atoms with van der Waals surface area (Å²) in [7, 11) is 0. The highest BCUT2D eigenvalue weighted by molar-refractivity contribution is 9.09. The molecule has 0 heterocycles. The zero-order valence-electron chi connectivity index (χ0n) is 6.44. The van der Waals surface area contributed by atoms with Crippen molar-refractivity contribution >= 4 is 28.6 Å². The second kappa shape index (κ2) is 9.83. The Kier molecular flexibility index (Phi) is 10.6. The Hall–Kier alpha value is 0.830. The monoisotopic (exact) mass is 223 g/mol. The van der Waals surface area contributed by atoms with E-state index in [1.165, 1.54) is 38.5 Å². The second-order valence-electron chi connectivity index (χ2n) is 2.51. The zero-order chi connectivity index (χ0) is 7.66. The van der Waals surface area contributed by atoms with Crippen molar-refractivity contribution < 1.29 is 0 Å². The second-order valence-corrected chi connectivity index (χ2v) is 3.72.